The van der Waals surface area contributed by atoms with Crippen LogP contribution in [0.5, 0.6) is 5.75 Å². The van der Waals surface area contributed by atoms with E-state index in [0.29, 0.717) is 23.1 Å². The molecule has 168 valence electrons. The van der Waals surface area contributed by atoms with Crippen molar-refractivity contribution in [2.45, 2.75) is 24.3 Å². The predicted molar refractivity (Wildman–Crippen MR) is 127 cm³/mol. The molecule has 0 bridgehead atoms. The van der Waals surface area contributed by atoms with Crippen molar-refractivity contribution in [1.82, 2.24) is 4.72 Å². The molecule has 0 aliphatic rings. The summed E-state index contributed by atoms with van der Waals surface area (Å²) in [4.78, 5) is 12.9. The van der Waals surface area contributed by atoms with Gasteiger partial charge in [-0.1, -0.05) is 53.5 Å². The average Bonchev–Trinajstić information content (AvgIpc) is 2.77. The highest BCUT2D eigenvalue weighted by molar-refractivity contribution is 7.89. The van der Waals surface area contributed by atoms with Crippen molar-refractivity contribution >= 4 is 44.8 Å². The number of carbonyl (C=O) groups excluding carboxylic acids is 1. The second-order valence-corrected chi connectivity index (χ2v) is 9.44. The molecule has 0 heterocycles. The molecular formula is C23H22Cl2N2O4S. The molecule has 0 aliphatic carbocycles. The van der Waals surface area contributed by atoms with Crippen LogP contribution in [-0.2, 0) is 21.2 Å². The second kappa shape index (κ2) is 10.8. The standard InChI is InChI=1S/C23H22Cl2N2O4S/c1-2-31-22-13-12-19(15-20(22)25)32(29,30)27-21(14-16-6-4-3-5-7-16)23(28)26-18-10-8-17(24)9-11-18/h3-13,15,21,27H,2,14H2,1H3,(H,26,28)/t21-/m0/s1. The molecule has 0 unspecified atom stereocenters. The fourth-order valence-corrected chi connectivity index (χ4v) is 4.62. The summed E-state index contributed by atoms with van der Waals surface area (Å²) in [5, 5.41) is 3.42. The Bertz CT molecular complexity index is 1170. The first-order valence-electron chi connectivity index (χ1n) is 9.83. The number of sulfonamides is 1. The van der Waals surface area contributed by atoms with Crippen molar-refractivity contribution in [3.8, 4) is 5.75 Å². The fraction of sp³-hybridized carbons (Fsp3) is 0.174. The highest BCUT2D eigenvalue weighted by Crippen LogP contribution is 2.27. The Hall–Kier alpha value is -2.58. The molecule has 2 N–H and O–H groups in total. The largest absolute Gasteiger partial charge is 0.492 e. The van der Waals surface area contributed by atoms with Crippen LogP contribution in [0, 0.1) is 0 Å². The molecule has 1 amide bonds. The van der Waals surface area contributed by atoms with Gasteiger partial charge in [0.25, 0.3) is 0 Å². The monoisotopic (exact) mass is 492 g/mol. The highest BCUT2D eigenvalue weighted by Gasteiger charge is 2.27. The van der Waals surface area contributed by atoms with Crippen LogP contribution in [0.15, 0.2) is 77.7 Å². The van der Waals surface area contributed by atoms with Crippen LogP contribution < -0.4 is 14.8 Å². The molecule has 0 aliphatic heterocycles. The Labute approximate surface area is 197 Å². The molecule has 1 atom stereocenters. The van der Waals surface area contributed by atoms with Gasteiger partial charge in [-0.25, -0.2) is 8.42 Å². The third-order valence-corrected chi connectivity index (χ3v) is 6.54. The number of halogens is 2. The maximum atomic E-state index is 13.0. The van der Waals surface area contributed by atoms with Gasteiger partial charge < -0.3 is 10.1 Å². The second-order valence-electron chi connectivity index (χ2n) is 6.88. The maximum absolute atomic E-state index is 13.0. The predicted octanol–water partition coefficient (Wildman–Crippen LogP) is 4.92. The summed E-state index contributed by atoms with van der Waals surface area (Å²) in [6.45, 7) is 2.20. The van der Waals surface area contributed by atoms with Crippen LogP contribution in [0.2, 0.25) is 10.0 Å². The van der Waals surface area contributed by atoms with Crippen LogP contribution in [-0.4, -0.2) is 27.0 Å². The van der Waals surface area contributed by atoms with E-state index in [4.69, 9.17) is 27.9 Å². The lowest BCUT2D eigenvalue weighted by atomic mass is 10.1. The number of hydrogen-bond donors (Lipinski definition) is 2. The summed E-state index contributed by atoms with van der Waals surface area (Å²) in [6, 6.07) is 18.8. The lowest BCUT2D eigenvalue weighted by molar-refractivity contribution is -0.117. The Kier molecular flexibility index (Phi) is 8.15. The normalized spacial score (nSPS) is 12.2. The topological polar surface area (TPSA) is 84.5 Å². The number of benzene rings is 3. The van der Waals surface area contributed by atoms with Crippen molar-refractivity contribution < 1.29 is 17.9 Å². The molecule has 0 saturated heterocycles. The van der Waals surface area contributed by atoms with E-state index in [-0.39, 0.29) is 16.3 Å². The molecule has 0 saturated carbocycles. The van der Waals surface area contributed by atoms with Gasteiger partial charge in [0.15, 0.2) is 0 Å². The van der Waals surface area contributed by atoms with E-state index in [1.165, 1.54) is 18.2 Å². The van der Waals surface area contributed by atoms with Crippen LogP contribution in [0.1, 0.15) is 12.5 Å². The molecule has 0 radical (unpaired) electrons. The zero-order chi connectivity index (χ0) is 23.1. The van der Waals surface area contributed by atoms with Gasteiger partial charge in [-0.05, 0) is 61.4 Å². The van der Waals surface area contributed by atoms with E-state index in [0.717, 1.165) is 5.56 Å². The summed E-state index contributed by atoms with van der Waals surface area (Å²) in [5.41, 5.74) is 1.30. The Morgan fingerprint density at radius 2 is 1.69 bits per heavy atom. The lowest BCUT2D eigenvalue weighted by Crippen LogP contribution is -2.45. The molecular weight excluding hydrogens is 471 g/mol. The molecule has 0 aromatic heterocycles. The molecule has 32 heavy (non-hydrogen) atoms. The molecule has 0 fully saturated rings. The van der Waals surface area contributed by atoms with Crippen LogP contribution in [0.3, 0.4) is 0 Å². The van der Waals surface area contributed by atoms with Crippen LogP contribution in [0.4, 0.5) is 5.69 Å². The van der Waals surface area contributed by atoms with Gasteiger partial charge in [-0.2, -0.15) is 4.72 Å². The molecule has 3 aromatic carbocycles. The number of anilines is 1. The zero-order valence-electron chi connectivity index (χ0n) is 17.2. The maximum Gasteiger partial charge on any atom is 0.242 e. The Morgan fingerprint density at radius 1 is 1.00 bits per heavy atom. The number of carbonyl (C=O) groups is 1. The highest BCUT2D eigenvalue weighted by atomic mass is 35.5. The third kappa shape index (κ3) is 6.46. The molecule has 0 spiro atoms. The van der Waals surface area contributed by atoms with Crippen molar-refractivity contribution in [3.63, 3.8) is 0 Å². The molecule has 3 aromatic rings. The SMILES string of the molecule is CCOc1ccc(S(=O)(=O)N[C@@H](Cc2ccccc2)C(=O)Nc2ccc(Cl)cc2)cc1Cl. The van der Waals surface area contributed by atoms with Crippen molar-refractivity contribution in [2.75, 3.05) is 11.9 Å². The summed E-state index contributed by atoms with van der Waals surface area (Å²) >= 11 is 12.0. The van der Waals surface area contributed by atoms with E-state index in [1.54, 1.807) is 31.2 Å². The number of amides is 1. The van der Waals surface area contributed by atoms with E-state index >= 15 is 0 Å². The number of ether oxygens (including phenoxy) is 1. The van der Waals surface area contributed by atoms with Gasteiger partial charge >= 0.3 is 0 Å². The molecule has 9 heteroatoms. The summed E-state index contributed by atoms with van der Waals surface area (Å²) in [6.07, 6.45) is 0.157. The van der Waals surface area contributed by atoms with Gasteiger partial charge in [-0.3, -0.25) is 4.79 Å². The number of rotatable bonds is 9. The first kappa shape index (κ1) is 24.1. The van der Waals surface area contributed by atoms with Gasteiger partial charge in [0, 0.05) is 10.7 Å². The van der Waals surface area contributed by atoms with Crippen LogP contribution >= 0.6 is 23.2 Å². The lowest BCUT2D eigenvalue weighted by Gasteiger charge is -2.19. The smallest absolute Gasteiger partial charge is 0.242 e. The number of hydrogen-bond acceptors (Lipinski definition) is 4. The van der Waals surface area contributed by atoms with Crippen LogP contribution in [0.25, 0.3) is 0 Å². The molecule has 6 nitrogen and oxygen atoms in total. The van der Waals surface area contributed by atoms with Crippen molar-refractivity contribution in [2.24, 2.45) is 0 Å². The average molecular weight is 493 g/mol. The van der Waals surface area contributed by atoms with Gasteiger partial charge in [0.1, 0.15) is 11.8 Å². The van der Waals surface area contributed by atoms with Crippen molar-refractivity contribution in [1.29, 1.82) is 0 Å². The minimum Gasteiger partial charge on any atom is -0.492 e. The quantitative estimate of drug-likeness (QED) is 0.443. The van der Waals surface area contributed by atoms with E-state index in [2.05, 4.69) is 10.0 Å². The first-order chi connectivity index (χ1) is 15.3. The minimum absolute atomic E-state index is 0.0664. The molecule has 3 rings (SSSR count). The fourth-order valence-electron chi connectivity index (χ4n) is 2.98. The third-order valence-electron chi connectivity index (χ3n) is 4.52. The van der Waals surface area contributed by atoms with Gasteiger partial charge in [0.2, 0.25) is 15.9 Å². The van der Waals surface area contributed by atoms with Gasteiger partial charge in [-0.15, -0.1) is 0 Å². The Morgan fingerprint density at radius 3 is 2.31 bits per heavy atom. The van der Waals surface area contributed by atoms with Gasteiger partial charge in [0.05, 0.1) is 16.5 Å². The van der Waals surface area contributed by atoms with E-state index in [1.807, 2.05) is 30.3 Å². The van der Waals surface area contributed by atoms with Crippen molar-refractivity contribution in [3.05, 3.63) is 88.4 Å². The summed E-state index contributed by atoms with van der Waals surface area (Å²) in [5.74, 6) is -0.119. The summed E-state index contributed by atoms with van der Waals surface area (Å²) < 4.78 is 34.0. The summed E-state index contributed by atoms with van der Waals surface area (Å²) in [7, 11) is -4.05. The van der Waals surface area contributed by atoms with E-state index in [9.17, 15) is 13.2 Å². The zero-order valence-corrected chi connectivity index (χ0v) is 19.5. The van der Waals surface area contributed by atoms with E-state index < -0.39 is 22.0 Å². The Balaban J connectivity index is 1.86. The minimum atomic E-state index is -4.05. The first-order valence-corrected chi connectivity index (χ1v) is 12.1. The number of nitrogens with one attached hydrogen (secondary N) is 2.